The summed E-state index contributed by atoms with van der Waals surface area (Å²) < 4.78 is 31.6. The molecule has 0 aliphatic heterocycles. The summed E-state index contributed by atoms with van der Waals surface area (Å²) in [5.41, 5.74) is 0.413. The van der Waals surface area contributed by atoms with Crippen LogP contribution in [-0.4, -0.2) is 42.5 Å². The largest absolute Gasteiger partial charge is 0.390 e. The molecule has 0 bridgehead atoms. The number of alkyl halides is 1. The Labute approximate surface area is 121 Å². The van der Waals surface area contributed by atoms with Crippen LogP contribution >= 0.6 is 11.6 Å². The summed E-state index contributed by atoms with van der Waals surface area (Å²) in [6.07, 6.45) is -0.879. The molecule has 0 spiro atoms. The number of aliphatic hydroxyl groups excluding tert-OH is 1. The minimum atomic E-state index is -4.42. The summed E-state index contributed by atoms with van der Waals surface area (Å²) in [5, 5.41) is 14.5. The topological polar surface area (TPSA) is 116 Å². The van der Waals surface area contributed by atoms with Crippen molar-refractivity contribution in [3.8, 4) is 0 Å². The Morgan fingerprint density at radius 2 is 2.10 bits per heavy atom. The molecule has 1 unspecified atom stereocenters. The average molecular weight is 323 g/mol. The fourth-order valence-corrected chi connectivity index (χ4v) is 2.21. The third-order valence-electron chi connectivity index (χ3n) is 2.28. The molecule has 4 N–H and O–H groups in total. The molecule has 0 radical (unpaired) electrons. The van der Waals surface area contributed by atoms with Crippen molar-refractivity contribution in [1.82, 2.24) is 0 Å². The SMILES string of the molecule is CC(=O)Nc1ccc(S(=O)(=O)O)c(NCC(O)CCl)c1. The number of carbonyl (C=O) groups is 1. The van der Waals surface area contributed by atoms with E-state index in [1.54, 1.807) is 0 Å². The van der Waals surface area contributed by atoms with Gasteiger partial charge in [-0.25, -0.2) is 0 Å². The molecule has 0 aromatic heterocycles. The highest BCUT2D eigenvalue weighted by Crippen LogP contribution is 2.25. The molecule has 0 saturated heterocycles. The Hall–Kier alpha value is -1.35. The van der Waals surface area contributed by atoms with Crippen LogP contribution in [0.5, 0.6) is 0 Å². The quantitative estimate of drug-likeness (QED) is 0.457. The van der Waals surface area contributed by atoms with E-state index in [0.29, 0.717) is 5.69 Å². The molecule has 0 heterocycles. The lowest BCUT2D eigenvalue weighted by Gasteiger charge is -2.14. The van der Waals surface area contributed by atoms with E-state index in [-0.39, 0.29) is 28.9 Å². The average Bonchev–Trinajstić information content (AvgIpc) is 2.33. The number of anilines is 2. The number of carbonyl (C=O) groups excluding carboxylic acids is 1. The smallest absolute Gasteiger partial charge is 0.296 e. The molecule has 1 aromatic carbocycles. The van der Waals surface area contributed by atoms with Crippen molar-refractivity contribution in [3.05, 3.63) is 18.2 Å². The predicted molar refractivity (Wildman–Crippen MR) is 75.8 cm³/mol. The first-order valence-electron chi connectivity index (χ1n) is 5.61. The van der Waals surface area contributed by atoms with E-state index in [2.05, 4.69) is 10.6 Å². The Morgan fingerprint density at radius 3 is 2.60 bits per heavy atom. The Kier molecular flexibility index (Phi) is 5.75. The summed E-state index contributed by atoms with van der Waals surface area (Å²) in [4.78, 5) is 10.6. The van der Waals surface area contributed by atoms with E-state index in [0.717, 1.165) is 6.07 Å². The molecular formula is C11H15ClN2O5S. The molecule has 1 atom stereocenters. The second-order valence-corrected chi connectivity index (χ2v) is 5.75. The van der Waals surface area contributed by atoms with E-state index in [1.165, 1.54) is 19.1 Å². The monoisotopic (exact) mass is 322 g/mol. The zero-order valence-electron chi connectivity index (χ0n) is 10.6. The number of aliphatic hydroxyl groups is 1. The highest BCUT2D eigenvalue weighted by Gasteiger charge is 2.17. The van der Waals surface area contributed by atoms with E-state index in [4.69, 9.17) is 16.2 Å². The summed E-state index contributed by atoms with van der Waals surface area (Å²) >= 11 is 5.43. The van der Waals surface area contributed by atoms with E-state index < -0.39 is 16.2 Å². The Bertz CT molecular complexity index is 590. The third-order valence-corrected chi connectivity index (χ3v) is 3.55. The van der Waals surface area contributed by atoms with Gasteiger partial charge in [0.15, 0.2) is 0 Å². The maximum atomic E-state index is 11.2. The fourth-order valence-electron chi connectivity index (χ4n) is 1.46. The van der Waals surface area contributed by atoms with Crippen LogP contribution in [0.4, 0.5) is 11.4 Å². The number of amides is 1. The van der Waals surface area contributed by atoms with Gasteiger partial charge < -0.3 is 15.7 Å². The second-order valence-electron chi connectivity index (χ2n) is 4.06. The molecule has 0 aliphatic rings. The van der Waals surface area contributed by atoms with Crippen LogP contribution < -0.4 is 10.6 Å². The fraction of sp³-hybridized carbons (Fsp3) is 0.364. The number of rotatable bonds is 6. The van der Waals surface area contributed by atoms with Gasteiger partial charge >= 0.3 is 0 Å². The molecule has 0 fully saturated rings. The molecule has 0 aliphatic carbocycles. The lowest BCUT2D eigenvalue weighted by Crippen LogP contribution is -2.22. The standard InChI is InChI=1S/C11H15ClN2O5S/c1-7(15)14-8-2-3-11(20(17,18)19)10(4-8)13-6-9(16)5-12/h2-4,9,13,16H,5-6H2,1H3,(H,14,15)(H,17,18,19). The maximum Gasteiger partial charge on any atom is 0.296 e. The van der Waals surface area contributed by atoms with Gasteiger partial charge in [0.05, 0.1) is 17.7 Å². The van der Waals surface area contributed by atoms with Gasteiger partial charge in [0, 0.05) is 19.2 Å². The van der Waals surface area contributed by atoms with Crippen LogP contribution in [0.25, 0.3) is 0 Å². The number of hydrogen-bond donors (Lipinski definition) is 4. The second kappa shape index (κ2) is 6.89. The molecule has 0 saturated carbocycles. The highest BCUT2D eigenvalue weighted by atomic mass is 35.5. The van der Waals surface area contributed by atoms with Crippen LogP contribution in [0, 0.1) is 0 Å². The molecular weight excluding hydrogens is 308 g/mol. The van der Waals surface area contributed by atoms with E-state index in [9.17, 15) is 18.3 Å². The van der Waals surface area contributed by atoms with Crippen molar-refractivity contribution in [1.29, 1.82) is 0 Å². The number of benzene rings is 1. The Balaban J connectivity index is 3.09. The van der Waals surface area contributed by atoms with Gasteiger partial charge in [0.2, 0.25) is 5.91 Å². The number of halogens is 1. The molecule has 9 heteroatoms. The number of nitrogens with one attached hydrogen (secondary N) is 2. The first-order chi connectivity index (χ1) is 9.24. The Morgan fingerprint density at radius 1 is 1.45 bits per heavy atom. The van der Waals surface area contributed by atoms with Gasteiger partial charge in [-0.3, -0.25) is 9.35 Å². The van der Waals surface area contributed by atoms with Crippen LogP contribution in [0.1, 0.15) is 6.92 Å². The van der Waals surface area contributed by atoms with Gasteiger partial charge in [-0.15, -0.1) is 11.6 Å². The van der Waals surface area contributed by atoms with Crippen molar-refractivity contribution >= 4 is 39.0 Å². The first-order valence-corrected chi connectivity index (χ1v) is 7.58. The van der Waals surface area contributed by atoms with Crippen molar-refractivity contribution < 1.29 is 22.9 Å². The molecule has 1 amide bonds. The van der Waals surface area contributed by atoms with Gasteiger partial charge in [0.25, 0.3) is 10.1 Å². The van der Waals surface area contributed by atoms with Crippen LogP contribution in [0.15, 0.2) is 23.1 Å². The molecule has 1 rings (SSSR count). The van der Waals surface area contributed by atoms with Crippen molar-refractivity contribution in [2.24, 2.45) is 0 Å². The summed E-state index contributed by atoms with van der Waals surface area (Å²) in [7, 11) is -4.42. The van der Waals surface area contributed by atoms with Gasteiger partial charge in [-0.05, 0) is 18.2 Å². The van der Waals surface area contributed by atoms with Gasteiger partial charge in [0.1, 0.15) is 4.90 Å². The third kappa shape index (κ3) is 4.97. The normalized spacial score (nSPS) is 12.8. The van der Waals surface area contributed by atoms with E-state index >= 15 is 0 Å². The van der Waals surface area contributed by atoms with Gasteiger partial charge in [-0.2, -0.15) is 8.42 Å². The molecule has 1 aromatic rings. The van der Waals surface area contributed by atoms with Crippen molar-refractivity contribution in [3.63, 3.8) is 0 Å². The first kappa shape index (κ1) is 16.7. The zero-order chi connectivity index (χ0) is 15.3. The minimum absolute atomic E-state index is 0.00442. The van der Waals surface area contributed by atoms with Crippen molar-refractivity contribution in [2.45, 2.75) is 17.9 Å². The molecule has 112 valence electrons. The van der Waals surface area contributed by atoms with Crippen LogP contribution in [-0.2, 0) is 14.9 Å². The lowest BCUT2D eigenvalue weighted by molar-refractivity contribution is -0.114. The highest BCUT2D eigenvalue weighted by molar-refractivity contribution is 7.86. The van der Waals surface area contributed by atoms with Crippen molar-refractivity contribution in [2.75, 3.05) is 23.1 Å². The zero-order valence-corrected chi connectivity index (χ0v) is 12.2. The van der Waals surface area contributed by atoms with E-state index in [1.807, 2.05) is 0 Å². The summed E-state index contributed by atoms with van der Waals surface area (Å²) in [6, 6.07) is 3.83. The van der Waals surface area contributed by atoms with Gasteiger partial charge in [-0.1, -0.05) is 0 Å². The summed E-state index contributed by atoms with van der Waals surface area (Å²) in [5.74, 6) is -0.351. The predicted octanol–water partition coefficient (Wildman–Crippen LogP) is 0.903. The summed E-state index contributed by atoms with van der Waals surface area (Å²) in [6.45, 7) is 1.30. The molecule has 20 heavy (non-hydrogen) atoms. The lowest BCUT2D eigenvalue weighted by atomic mass is 10.2. The number of hydrogen-bond acceptors (Lipinski definition) is 5. The maximum absolute atomic E-state index is 11.2. The minimum Gasteiger partial charge on any atom is -0.390 e. The molecule has 7 nitrogen and oxygen atoms in total. The van der Waals surface area contributed by atoms with Crippen LogP contribution in [0.2, 0.25) is 0 Å². The van der Waals surface area contributed by atoms with Crippen LogP contribution in [0.3, 0.4) is 0 Å².